The van der Waals surface area contributed by atoms with Gasteiger partial charge in [0.1, 0.15) is 5.69 Å². The number of aromatic nitrogens is 4. The topological polar surface area (TPSA) is 151 Å². The molecule has 1 aliphatic heterocycles. The van der Waals surface area contributed by atoms with Crippen LogP contribution in [0.2, 0.25) is 0 Å². The molecule has 4 aromatic heterocycles. The normalized spacial score (nSPS) is 15.2. The van der Waals surface area contributed by atoms with Crippen LogP contribution in [-0.4, -0.2) is 51.4 Å². The first-order valence-electron chi connectivity index (χ1n) is 11.6. The van der Waals surface area contributed by atoms with Crippen molar-refractivity contribution >= 4 is 33.5 Å². The summed E-state index contributed by atoms with van der Waals surface area (Å²) in [6.07, 6.45) is 2.38. The fourth-order valence-electron chi connectivity index (χ4n) is 4.49. The van der Waals surface area contributed by atoms with E-state index in [4.69, 9.17) is 22.6 Å². The van der Waals surface area contributed by atoms with E-state index in [2.05, 4.69) is 25.2 Å². The molecule has 0 aliphatic carbocycles. The highest BCUT2D eigenvalue weighted by Crippen LogP contribution is 2.36. The van der Waals surface area contributed by atoms with Crippen molar-refractivity contribution in [3.63, 3.8) is 0 Å². The summed E-state index contributed by atoms with van der Waals surface area (Å²) in [5, 5.41) is 10.6. The summed E-state index contributed by atoms with van der Waals surface area (Å²) >= 11 is 1.38. The van der Waals surface area contributed by atoms with Crippen LogP contribution in [-0.2, 0) is 0 Å². The Balaban J connectivity index is 1.06. The molecule has 1 fully saturated rings. The summed E-state index contributed by atoms with van der Waals surface area (Å²) in [7, 11) is 0. The minimum atomic E-state index is -1.27. The third kappa shape index (κ3) is 4.53. The minimum absolute atomic E-state index is 0.0155. The zero-order valence-electron chi connectivity index (χ0n) is 19.6. The van der Waals surface area contributed by atoms with Crippen molar-refractivity contribution in [2.45, 2.75) is 32.1 Å². The second kappa shape index (κ2) is 9.52. The van der Waals surface area contributed by atoms with E-state index >= 15 is 0 Å². The third-order valence-electron chi connectivity index (χ3n) is 6.26. The van der Waals surface area contributed by atoms with Crippen LogP contribution in [0.25, 0.3) is 33.7 Å². The lowest BCUT2D eigenvalue weighted by atomic mass is 9.91. The molecule has 192 valence electrons. The predicted octanol–water partition coefficient (Wildman–Crippen LogP) is 3.49. The molecule has 0 amide bonds. The molecule has 1 aliphatic rings. The molecule has 5 heterocycles. The maximum atomic E-state index is 14.4. The summed E-state index contributed by atoms with van der Waals surface area (Å²) in [6, 6.07) is 1.08. The molecule has 6 rings (SSSR count). The first-order valence-corrected chi connectivity index (χ1v) is 12.5. The van der Waals surface area contributed by atoms with E-state index in [9.17, 15) is 14.0 Å². The van der Waals surface area contributed by atoms with Gasteiger partial charge in [-0.3, -0.25) is 0 Å². The fourth-order valence-corrected chi connectivity index (χ4v) is 5.15. The number of rotatable bonds is 7. The summed E-state index contributed by atoms with van der Waals surface area (Å²) in [5.74, 6) is 0.0767. The molecule has 0 unspecified atom stereocenters. The van der Waals surface area contributed by atoms with Crippen molar-refractivity contribution in [3.8, 4) is 16.8 Å². The smallest absolute Gasteiger partial charge is 0.423 e. The molecule has 12 nitrogen and oxygen atoms in total. The van der Waals surface area contributed by atoms with Gasteiger partial charge in [0.2, 0.25) is 5.58 Å². The zero-order valence-corrected chi connectivity index (χ0v) is 20.4. The maximum absolute atomic E-state index is 14.4. The van der Waals surface area contributed by atoms with Crippen molar-refractivity contribution in [2.75, 3.05) is 26.2 Å². The molecule has 0 bridgehead atoms. The molecule has 37 heavy (non-hydrogen) atoms. The molecular weight excluding hydrogens is 509 g/mol. The van der Waals surface area contributed by atoms with Crippen molar-refractivity contribution in [1.29, 1.82) is 0 Å². The molecule has 0 radical (unpaired) electrons. The van der Waals surface area contributed by atoms with E-state index in [1.165, 1.54) is 11.3 Å². The number of halogens is 1. The number of ether oxygens (including phenoxy) is 1. The van der Waals surface area contributed by atoms with Gasteiger partial charge >= 0.3 is 11.3 Å². The third-order valence-corrected chi connectivity index (χ3v) is 7.01. The molecule has 1 saturated heterocycles. The highest BCUT2D eigenvalue weighted by molar-refractivity contribution is 7.11. The van der Waals surface area contributed by atoms with Crippen LogP contribution in [0.4, 0.5) is 4.39 Å². The number of hydrogen-bond acceptors (Lipinski definition) is 13. The molecule has 14 heteroatoms. The van der Waals surface area contributed by atoms with Crippen LogP contribution in [0.5, 0.6) is 5.19 Å². The molecule has 0 atom stereocenters. The highest BCUT2D eigenvalue weighted by Gasteiger charge is 2.28. The van der Waals surface area contributed by atoms with Crippen molar-refractivity contribution in [3.05, 3.63) is 49.6 Å². The Labute approximate surface area is 210 Å². The van der Waals surface area contributed by atoms with E-state index in [-0.39, 0.29) is 17.1 Å². The highest BCUT2D eigenvalue weighted by atomic mass is 32.1. The van der Waals surface area contributed by atoms with E-state index in [1.54, 1.807) is 6.92 Å². The van der Waals surface area contributed by atoms with Gasteiger partial charge in [0, 0.05) is 23.9 Å². The Morgan fingerprint density at radius 3 is 2.65 bits per heavy atom. The standard InChI is InChI=1S/C23H20FN5O7S/c1-11-25-20(36-27-11)14-10-37-23(26-14)32-8-2-5-29-6-3-12(4-7-29)17-16-15(35-28-17)9-13(24)18-19(16)34-22(31)21(30)33-18/h9-10,12H,2-8H2,1H3. The van der Waals surface area contributed by atoms with Crippen LogP contribution in [0.1, 0.15) is 36.7 Å². The Morgan fingerprint density at radius 2 is 1.89 bits per heavy atom. The van der Waals surface area contributed by atoms with Gasteiger partial charge in [-0.05, 0) is 39.3 Å². The van der Waals surface area contributed by atoms with Gasteiger partial charge in [0.15, 0.2) is 22.8 Å². The van der Waals surface area contributed by atoms with Crippen LogP contribution in [0, 0.1) is 12.7 Å². The monoisotopic (exact) mass is 529 g/mol. The summed E-state index contributed by atoms with van der Waals surface area (Å²) in [5.41, 5.74) is -1.75. The Hall–Kier alpha value is -3.91. The molecule has 0 N–H and O–H groups in total. The number of piperidine rings is 1. The number of thiazole rings is 1. The average Bonchev–Trinajstić information content (AvgIpc) is 3.63. The van der Waals surface area contributed by atoms with Gasteiger partial charge < -0.3 is 27.5 Å². The van der Waals surface area contributed by atoms with E-state index < -0.39 is 22.7 Å². The lowest BCUT2D eigenvalue weighted by Crippen LogP contribution is -2.34. The number of likely N-dealkylation sites (tertiary alicyclic amines) is 1. The van der Waals surface area contributed by atoms with Crippen molar-refractivity contribution < 1.29 is 27.0 Å². The predicted molar refractivity (Wildman–Crippen MR) is 127 cm³/mol. The van der Waals surface area contributed by atoms with E-state index in [0.29, 0.717) is 40.3 Å². The van der Waals surface area contributed by atoms with Gasteiger partial charge in [-0.1, -0.05) is 21.7 Å². The first-order chi connectivity index (χ1) is 18.0. The molecular formula is C23H20FN5O7S. The molecule has 0 spiro atoms. The van der Waals surface area contributed by atoms with Crippen molar-refractivity contribution in [2.24, 2.45) is 0 Å². The number of fused-ring (bicyclic) bond motifs is 3. The largest absolute Gasteiger partial charge is 0.470 e. The first kappa shape index (κ1) is 23.5. The van der Waals surface area contributed by atoms with E-state index in [1.807, 2.05) is 5.38 Å². The van der Waals surface area contributed by atoms with Crippen molar-refractivity contribution in [1.82, 2.24) is 25.2 Å². The van der Waals surface area contributed by atoms with Gasteiger partial charge in [-0.25, -0.2) is 14.0 Å². The Morgan fingerprint density at radius 1 is 1.11 bits per heavy atom. The average molecular weight is 530 g/mol. The lowest BCUT2D eigenvalue weighted by molar-refractivity contribution is 0.190. The van der Waals surface area contributed by atoms with E-state index in [0.717, 1.165) is 45.0 Å². The van der Waals surface area contributed by atoms with Crippen LogP contribution < -0.4 is 16.0 Å². The number of nitrogens with zero attached hydrogens (tertiary/aromatic N) is 5. The fraction of sp³-hybridized carbons (Fsp3) is 0.391. The molecule has 0 saturated carbocycles. The zero-order chi connectivity index (χ0) is 25.5. The molecule has 1 aromatic carbocycles. The number of aryl methyl sites for hydroxylation is 1. The van der Waals surface area contributed by atoms with Gasteiger partial charge in [-0.15, -0.1) is 0 Å². The Kier molecular flexibility index (Phi) is 6.04. The van der Waals surface area contributed by atoms with Crippen LogP contribution in [0.3, 0.4) is 0 Å². The summed E-state index contributed by atoms with van der Waals surface area (Å²) in [4.78, 5) is 34.1. The molecule has 5 aromatic rings. The maximum Gasteiger partial charge on any atom is 0.423 e. The second-order valence-corrected chi connectivity index (χ2v) is 9.52. The summed E-state index contributed by atoms with van der Waals surface area (Å²) < 4.78 is 40.5. The van der Waals surface area contributed by atoms with Gasteiger partial charge in [0.05, 0.1) is 17.7 Å². The van der Waals surface area contributed by atoms with Gasteiger partial charge in [0.25, 0.3) is 11.1 Å². The number of hydrogen-bond donors (Lipinski definition) is 0. The summed E-state index contributed by atoms with van der Waals surface area (Å²) in [6.45, 7) is 4.74. The van der Waals surface area contributed by atoms with Crippen LogP contribution >= 0.6 is 11.3 Å². The quantitative estimate of drug-likeness (QED) is 0.224. The minimum Gasteiger partial charge on any atom is -0.470 e. The second-order valence-electron chi connectivity index (χ2n) is 8.70. The Bertz CT molecular complexity index is 1700. The van der Waals surface area contributed by atoms with Crippen LogP contribution in [0.15, 0.2) is 38.9 Å². The lowest BCUT2D eigenvalue weighted by Gasteiger charge is -2.31. The van der Waals surface area contributed by atoms with Gasteiger partial charge in [-0.2, -0.15) is 9.97 Å². The SMILES string of the molecule is Cc1noc(-c2csc(OCCCN3CCC(c4noc5cc(F)c6oc(=O)c(=O)oc6c45)CC3)n2)n1. The number of benzene rings is 1.